The second-order valence-electron chi connectivity index (χ2n) is 6.50. The predicted molar refractivity (Wildman–Crippen MR) is 117 cm³/mol. The summed E-state index contributed by atoms with van der Waals surface area (Å²) in [5, 5.41) is 5.98. The molecule has 7 heteroatoms. The summed E-state index contributed by atoms with van der Waals surface area (Å²) < 4.78 is 10.6. The molecule has 1 amide bonds. The first kappa shape index (κ1) is 20.9. The summed E-state index contributed by atoms with van der Waals surface area (Å²) in [6.45, 7) is 2.28. The van der Waals surface area contributed by atoms with Crippen LogP contribution in [0.25, 0.3) is 0 Å². The molecule has 3 aromatic rings. The van der Waals surface area contributed by atoms with Gasteiger partial charge in [-0.1, -0.05) is 23.8 Å². The summed E-state index contributed by atoms with van der Waals surface area (Å²) in [5.74, 6) is 1.22. The highest BCUT2D eigenvalue weighted by Crippen LogP contribution is 2.29. The van der Waals surface area contributed by atoms with E-state index >= 15 is 0 Å². The summed E-state index contributed by atoms with van der Waals surface area (Å²) in [6, 6.07) is 18.3. The molecule has 0 saturated heterocycles. The van der Waals surface area contributed by atoms with Crippen LogP contribution in [0.3, 0.4) is 0 Å². The normalized spacial score (nSPS) is 11.0. The van der Waals surface area contributed by atoms with E-state index in [1.54, 1.807) is 44.7 Å². The molecule has 0 aliphatic rings. The molecular weight excluding hydrogens is 380 g/mol. The number of aryl methyl sites for hydroxylation is 1. The van der Waals surface area contributed by atoms with E-state index in [1.165, 1.54) is 0 Å². The zero-order valence-electron chi connectivity index (χ0n) is 17.2. The Morgan fingerprint density at radius 3 is 2.43 bits per heavy atom. The SMILES string of the molecule is COc1ccc(NC(=NCc2ccccn2)NC(=O)c2ccc(C)cc2)cc1OC. The van der Waals surface area contributed by atoms with Crippen molar-refractivity contribution in [1.82, 2.24) is 10.3 Å². The van der Waals surface area contributed by atoms with Crippen molar-refractivity contribution < 1.29 is 14.3 Å². The second-order valence-corrected chi connectivity index (χ2v) is 6.50. The molecule has 0 bridgehead atoms. The Morgan fingerprint density at radius 2 is 1.77 bits per heavy atom. The predicted octanol–water partition coefficient (Wildman–Crippen LogP) is 3.81. The molecule has 0 spiro atoms. The molecule has 2 N–H and O–H groups in total. The summed E-state index contributed by atoms with van der Waals surface area (Å²) >= 11 is 0. The maximum absolute atomic E-state index is 12.7. The average Bonchev–Trinajstić information content (AvgIpc) is 2.78. The number of methoxy groups -OCH3 is 2. The molecule has 0 saturated carbocycles. The van der Waals surface area contributed by atoms with Gasteiger partial charge in [0.1, 0.15) is 0 Å². The van der Waals surface area contributed by atoms with E-state index in [1.807, 2.05) is 43.3 Å². The van der Waals surface area contributed by atoms with Crippen molar-refractivity contribution in [3.63, 3.8) is 0 Å². The fourth-order valence-corrected chi connectivity index (χ4v) is 2.70. The third kappa shape index (κ3) is 5.57. The molecule has 0 unspecified atom stereocenters. The van der Waals surface area contributed by atoms with Crippen molar-refractivity contribution in [3.05, 3.63) is 83.7 Å². The molecule has 1 heterocycles. The number of pyridine rings is 1. The molecule has 0 aliphatic carbocycles. The number of aromatic nitrogens is 1. The molecule has 30 heavy (non-hydrogen) atoms. The van der Waals surface area contributed by atoms with Gasteiger partial charge in [0.05, 0.1) is 26.5 Å². The Morgan fingerprint density at radius 1 is 1.00 bits per heavy atom. The monoisotopic (exact) mass is 404 g/mol. The highest BCUT2D eigenvalue weighted by Gasteiger charge is 2.11. The summed E-state index contributed by atoms with van der Waals surface area (Å²) in [4.78, 5) is 21.5. The van der Waals surface area contributed by atoms with Crippen LogP contribution in [0, 0.1) is 6.92 Å². The highest BCUT2D eigenvalue weighted by atomic mass is 16.5. The van der Waals surface area contributed by atoms with Gasteiger partial charge in [0.15, 0.2) is 11.5 Å². The first-order chi connectivity index (χ1) is 14.6. The number of ether oxygens (including phenoxy) is 2. The van der Waals surface area contributed by atoms with E-state index < -0.39 is 0 Å². The molecule has 0 aliphatic heterocycles. The quantitative estimate of drug-likeness (QED) is 0.482. The smallest absolute Gasteiger partial charge is 0.257 e. The topological polar surface area (TPSA) is 84.8 Å². The molecule has 0 radical (unpaired) electrons. The van der Waals surface area contributed by atoms with Crippen molar-refractivity contribution in [2.75, 3.05) is 19.5 Å². The number of rotatable bonds is 6. The molecule has 2 aromatic carbocycles. The molecule has 0 atom stereocenters. The van der Waals surface area contributed by atoms with Crippen molar-refractivity contribution in [1.29, 1.82) is 0 Å². The van der Waals surface area contributed by atoms with Gasteiger partial charge in [-0.3, -0.25) is 15.1 Å². The Kier molecular flexibility index (Phi) is 7.00. The van der Waals surface area contributed by atoms with Gasteiger partial charge < -0.3 is 14.8 Å². The molecular formula is C23H24N4O3. The molecule has 3 rings (SSSR count). The molecule has 0 fully saturated rings. The lowest BCUT2D eigenvalue weighted by Crippen LogP contribution is -2.36. The van der Waals surface area contributed by atoms with Crippen LogP contribution in [0.5, 0.6) is 11.5 Å². The second kappa shape index (κ2) is 10.1. The Labute approximate surface area is 175 Å². The number of hydrogen-bond donors (Lipinski definition) is 2. The average molecular weight is 404 g/mol. The Bertz CT molecular complexity index is 1020. The van der Waals surface area contributed by atoms with Crippen LogP contribution in [-0.2, 0) is 6.54 Å². The van der Waals surface area contributed by atoms with Crippen LogP contribution in [0.15, 0.2) is 71.9 Å². The maximum atomic E-state index is 12.7. The number of nitrogens with zero attached hydrogens (tertiary/aromatic N) is 2. The van der Waals surface area contributed by atoms with E-state index in [0.29, 0.717) is 35.3 Å². The van der Waals surface area contributed by atoms with Crippen LogP contribution >= 0.6 is 0 Å². The fraction of sp³-hybridized carbons (Fsp3) is 0.174. The molecule has 7 nitrogen and oxygen atoms in total. The Hall–Kier alpha value is -3.87. The number of amides is 1. The van der Waals surface area contributed by atoms with Crippen molar-refractivity contribution in [3.8, 4) is 11.5 Å². The third-order valence-electron chi connectivity index (χ3n) is 4.32. The first-order valence-electron chi connectivity index (χ1n) is 9.40. The Balaban J connectivity index is 1.83. The van der Waals surface area contributed by atoms with Gasteiger partial charge in [0.25, 0.3) is 5.91 Å². The van der Waals surface area contributed by atoms with Gasteiger partial charge >= 0.3 is 0 Å². The van der Waals surface area contributed by atoms with Gasteiger partial charge in [0, 0.05) is 23.5 Å². The largest absolute Gasteiger partial charge is 0.493 e. The summed E-state index contributed by atoms with van der Waals surface area (Å²) in [6.07, 6.45) is 1.71. The number of benzene rings is 2. The van der Waals surface area contributed by atoms with E-state index in [-0.39, 0.29) is 5.91 Å². The number of nitrogens with one attached hydrogen (secondary N) is 2. The van der Waals surface area contributed by atoms with Crippen molar-refractivity contribution in [2.24, 2.45) is 4.99 Å². The zero-order chi connectivity index (χ0) is 21.3. The third-order valence-corrected chi connectivity index (χ3v) is 4.32. The minimum atomic E-state index is -0.261. The molecule has 1 aromatic heterocycles. The minimum absolute atomic E-state index is 0.261. The van der Waals surface area contributed by atoms with E-state index in [9.17, 15) is 4.79 Å². The van der Waals surface area contributed by atoms with Crippen LogP contribution in [0.1, 0.15) is 21.6 Å². The fourth-order valence-electron chi connectivity index (χ4n) is 2.70. The van der Waals surface area contributed by atoms with Gasteiger partial charge in [0.2, 0.25) is 5.96 Å². The van der Waals surface area contributed by atoms with Crippen LogP contribution in [0.2, 0.25) is 0 Å². The van der Waals surface area contributed by atoms with E-state index in [2.05, 4.69) is 20.6 Å². The van der Waals surface area contributed by atoms with Crippen molar-refractivity contribution >= 4 is 17.6 Å². The van der Waals surface area contributed by atoms with Gasteiger partial charge in [-0.15, -0.1) is 0 Å². The minimum Gasteiger partial charge on any atom is -0.493 e. The zero-order valence-corrected chi connectivity index (χ0v) is 17.2. The lowest BCUT2D eigenvalue weighted by atomic mass is 10.1. The van der Waals surface area contributed by atoms with E-state index in [4.69, 9.17) is 9.47 Å². The van der Waals surface area contributed by atoms with Crippen molar-refractivity contribution in [2.45, 2.75) is 13.5 Å². The highest BCUT2D eigenvalue weighted by molar-refractivity contribution is 6.10. The van der Waals surface area contributed by atoms with E-state index in [0.717, 1.165) is 11.3 Å². The number of guanidine groups is 1. The lowest BCUT2D eigenvalue weighted by Gasteiger charge is -2.14. The lowest BCUT2D eigenvalue weighted by molar-refractivity contribution is 0.0977. The van der Waals surface area contributed by atoms with Gasteiger partial charge in [-0.25, -0.2) is 4.99 Å². The van der Waals surface area contributed by atoms with Crippen LogP contribution < -0.4 is 20.1 Å². The summed E-state index contributed by atoms with van der Waals surface area (Å²) in [7, 11) is 3.14. The number of carbonyl (C=O) groups is 1. The first-order valence-corrected chi connectivity index (χ1v) is 9.40. The van der Waals surface area contributed by atoms with Crippen LogP contribution in [0.4, 0.5) is 5.69 Å². The maximum Gasteiger partial charge on any atom is 0.257 e. The summed E-state index contributed by atoms with van der Waals surface area (Å²) in [5.41, 5.74) is 3.10. The van der Waals surface area contributed by atoms with Gasteiger partial charge in [-0.2, -0.15) is 0 Å². The number of anilines is 1. The molecule has 154 valence electrons. The van der Waals surface area contributed by atoms with Crippen LogP contribution in [-0.4, -0.2) is 31.1 Å². The standard InChI is InChI=1S/C23H24N4O3/c1-16-7-9-17(10-8-16)22(28)27-23(25-15-19-6-4-5-13-24-19)26-18-11-12-20(29-2)21(14-18)30-3/h4-14H,15H2,1-3H3,(H2,25,26,27,28). The number of hydrogen-bond acceptors (Lipinski definition) is 5. The number of carbonyl (C=O) groups excluding carboxylic acids is 1. The number of aliphatic imine (C=N–C) groups is 1. The van der Waals surface area contributed by atoms with Gasteiger partial charge in [-0.05, 0) is 43.3 Å².